The highest BCUT2D eigenvalue weighted by Crippen LogP contribution is 2.08. The first kappa shape index (κ1) is 30.0. The Bertz CT molecular complexity index is 952. The van der Waals surface area contributed by atoms with Crippen molar-refractivity contribution in [3.63, 3.8) is 0 Å². The van der Waals surface area contributed by atoms with Gasteiger partial charge in [-0.2, -0.15) is 0 Å². The van der Waals surface area contributed by atoms with Gasteiger partial charge in [0, 0.05) is 12.8 Å². The van der Waals surface area contributed by atoms with Crippen LogP contribution in [0.2, 0.25) is 0 Å². The van der Waals surface area contributed by atoms with E-state index in [0.717, 1.165) is 0 Å². The van der Waals surface area contributed by atoms with Crippen molar-refractivity contribution < 1.29 is 44.1 Å². The van der Waals surface area contributed by atoms with E-state index in [2.05, 4.69) is 16.0 Å². The molecule has 0 radical (unpaired) electrons. The van der Waals surface area contributed by atoms with Gasteiger partial charge in [-0.3, -0.25) is 24.0 Å². The van der Waals surface area contributed by atoms with E-state index in [0.29, 0.717) is 5.56 Å². The lowest BCUT2D eigenvalue weighted by Crippen LogP contribution is -2.59. The normalized spacial score (nSPS) is 14.1. The van der Waals surface area contributed by atoms with Gasteiger partial charge in [0.15, 0.2) is 0 Å². The average Bonchev–Trinajstić information content (AvgIpc) is 2.79. The zero-order valence-corrected chi connectivity index (χ0v) is 20.0. The summed E-state index contributed by atoms with van der Waals surface area (Å²) < 4.78 is 0. The minimum Gasteiger partial charge on any atom is -0.481 e. The molecule has 0 aliphatic rings. The lowest BCUT2D eigenvalue weighted by atomic mass is 10.0. The summed E-state index contributed by atoms with van der Waals surface area (Å²) in [4.78, 5) is 71.6. The van der Waals surface area contributed by atoms with E-state index in [1.165, 1.54) is 0 Å². The Kier molecular flexibility index (Phi) is 12.0. The third kappa shape index (κ3) is 10.5. The van der Waals surface area contributed by atoms with Crippen LogP contribution < -0.4 is 21.7 Å². The zero-order chi connectivity index (χ0) is 27.4. The van der Waals surface area contributed by atoms with E-state index in [1.54, 1.807) is 44.2 Å². The molecule has 0 aliphatic heterocycles. The zero-order valence-electron chi connectivity index (χ0n) is 20.0. The number of carboxylic acids is 3. The van der Waals surface area contributed by atoms with Gasteiger partial charge in [-0.05, 0) is 17.9 Å². The molecular weight excluding hydrogens is 476 g/mol. The van der Waals surface area contributed by atoms with Crippen LogP contribution in [0.1, 0.15) is 38.7 Å². The predicted molar refractivity (Wildman–Crippen MR) is 126 cm³/mol. The molecule has 0 spiro atoms. The van der Waals surface area contributed by atoms with Gasteiger partial charge in [-0.25, -0.2) is 4.79 Å². The lowest BCUT2D eigenvalue weighted by molar-refractivity contribution is -0.143. The van der Waals surface area contributed by atoms with E-state index in [4.69, 9.17) is 15.9 Å². The van der Waals surface area contributed by atoms with Gasteiger partial charge >= 0.3 is 17.9 Å². The maximum atomic E-state index is 12.9. The largest absolute Gasteiger partial charge is 0.481 e. The number of carbonyl (C=O) groups excluding carboxylic acids is 3. The molecule has 13 heteroatoms. The molecule has 13 nitrogen and oxygen atoms in total. The molecule has 0 saturated carbocycles. The number of nitrogens with one attached hydrogen (secondary N) is 3. The second kappa shape index (κ2) is 14.4. The van der Waals surface area contributed by atoms with Crippen molar-refractivity contribution in [1.29, 1.82) is 0 Å². The number of aliphatic carboxylic acids is 3. The highest BCUT2D eigenvalue weighted by atomic mass is 16.4. The van der Waals surface area contributed by atoms with Crippen molar-refractivity contribution in [2.24, 2.45) is 11.7 Å². The van der Waals surface area contributed by atoms with E-state index in [1.807, 2.05) is 0 Å². The summed E-state index contributed by atoms with van der Waals surface area (Å²) >= 11 is 0. The van der Waals surface area contributed by atoms with Crippen LogP contribution in [0.15, 0.2) is 30.3 Å². The third-order valence-corrected chi connectivity index (χ3v) is 5.16. The molecule has 4 atom stereocenters. The van der Waals surface area contributed by atoms with E-state index < -0.39 is 78.6 Å². The maximum Gasteiger partial charge on any atom is 0.326 e. The van der Waals surface area contributed by atoms with Crippen molar-refractivity contribution in [1.82, 2.24) is 16.0 Å². The quantitative estimate of drug-likeness (QED) is 0.154. The van der Waals surface area contributed by atoms with Gasteiger partial charge in [0.05, 0.1) is 12.5 Å². The van der Waals surface area contributed by atoms with Crippen molar-refractivity contribution in [3.8, 4) is 0 Å². The molecule has 8 N–H and O–H groups in total. The van der Waals surface area contributed by atoms with Crippen molar-refractivity contribution >= 4 is 35.6 Å². The summed E-state index contributed by atoms with van der Waals surface area (Å²) in [6.45, 7) is 3.17. The van der Waals surface area contributed by atoms with Gasteiger partial charge in [0.2, 0.25) is 17.7 Å². The SMILES string of the molecule is CC(C)C(NC(=O)C(CC(=O)O)NC(=O)C(N)CCC(=O)O)C(=O)NC(Cc1ccccc1)C(=O)O. The molecule has 0 fully saturated rings. The molecule has 3 amide bonds. The molecule has 0 heterocycles. The minimum atomic E-state index is -1.61. The van der Waals surface area contributed by atoms with Crippen LogP contribution in [0.4, 0.5) is 0 Å². The first-order valence-electron chi connectivity index (χ1n) is 11.2. The number of rotatable bonds is 15. The number of benzene rings is 1. The number of nitrogens with two attached hydrogens (primary N) is 1. The van der Waals surface area contributed by atoms with Gasteiger partial charge in [-0.15, -0.1) is 0 Å². The Morgan fingerprint density at radius 1 is 0.806 bits per heavy atom. The number of carbonyl (C=O) groups is 6. The number of hydrogen-bond donors (Lipinski definition) is 7. The second-order valence-electron chi connectivity index (χ2n) is 8.52. The Hall–Kier alpha value is -4.00. The predicted octanol–water partition coefficient (Wildman–Crippen LogP) is -0.909. The summed E-state index contributed by atoms with van der Waals surface area (Å²) in [5.41, 5.74) is 6.28. The van der Waals surface area contributed by atoms with Gasteiger partial charge in [-0.1, -0.05) is 44.2 Å². The molecule has 0 aliphatic carbocycles. The first-order valence-corrected chi connectivity index (χ1v) is 11.2. The van der Waals surface area contributed by atoms with Gasteiger partial charge in [0.25, 0.3) is 0 Å². The molecule has 0 saturated heterocycles. The van der Waals surface area contributed by atoms with Crippen LogP contribution in [-0.2, 0) is 35.2 Å². The van der Waals surface area contributed by atoms with Crippen LogP contribution >= 0.6 is 0 Å². The third-order valence-electron chi connectivity index (χ3n) is 5.16. The molecule has 198 valence electrons. The summed E-state index contributed by atoms with van der Waals surface area (Å²) in [7, 11) is 0. The minimum absolute atomic E-state index is 0.00734. The van der Waals surface area contributed by atoms with Crippen LogP contribution in [-0.4, -0.2) is 75.1 Å². The standard InChI is InChI=1S/C23H32N4O9/c1-12(2)19(22(34)26-16(23(35)36)10-13-6-4-3-5-7-13)27-21(33)15(11-18(30)31)25-20(32)14(24)8-9-17(28)29/h3-7,12,14-16,19H,8-11,24H2,1-2H3,(H,25,32)(H,26,34)(H,27,33)(H,28,29)(H,30,31)(H,35,36). The highest BCUT2D eigenvalue weighted by Gasteiger charge is 2.33. The molecule has 0 bridgehead atoms. The highest BCUT2D eigenvalue weighted by molar-refractivity contribution is 5.95. The topological polar surface area (TPSA) is 225 Å². The van der Waals surface area contributed by atoms with E-state index >= 15 is 0 Å². The first-order chi connectivity index (χ1) is 16.8. The average molecular weight is 509 g/mol. The monoisotopic (exact) mass is 508 g/mol. The Morgan fingerprint density at radius 2 is 1.39 bits per heavy atom. The van der Waals surface area contributed by atoms with Crippen LogP contribution in [0.5, 0.6) is 0 Å². The molecule has 0 aromatic heterocycles. The summed E-state index contributed by atoms with van der Waals surface area (Å²) in [5, 5.41) is 34.3. The fourth-order valence-electron chi connectivity index (χ4n) is 3.17. The smallest absolute Gasteiger partial charge is 0.326 e. The van der Waals surface area contributed by atoms with Crippen LogP contribution in [0.25, 0.3) is 0 Å². The molecule has 1 aromatic carbocycles. The molecule has 1 aromatic rings. The number of carboxylic acid groups (broad SMARTS) is 3. The van der Waals surface area contributed by atoms with E-state index in [9.17, 15) is 33.9 Å². The second-order valence-corrected chi connectivity index (χ2v) is 8.52. The molecule has 1 rings (SSSR count). The number of hydrogen-bond acceptors (Lipinski definition) is 7. The van der Waals surface area contributed by atoms with Crippen LogP contribution in [0.3, 0.4) is 0 Å². The molecule has 4 unspecified atom stereocenters. The molecular formula is C23H32N4O9. The summed E-state index contributed by atoms with van der Waals surface area (Å²) in [5.74, 6) is -7.16. The fraction of sp³-hybridized carbons (Fsp3) is 0.478. The summed E-state index contributed by atoms with van der Waals surface area (Å²) in [6.07, 6.45) is -1.49. The van der Waals surface area contributed by atoms with Crippen molar-refractivity contribution in [3.05, 3.63) is 35.9 Å². The Labute approximate surface area is 207 Å². The van der Waals surface area contributed by atoms with Crippen molar-refractivity contribution in [2.45, 2.75) is 63.7 Å². The Morgan fingerprint density at radius 3 is 1.89 bits per heavy atom. The van der Waals surface area contributed by atoms with Gasteiger partial charge < -0.3 is 37.0 Å². The summed E-state index contributed by atoms with van der Waals surface area (Å²) in [6, 6.07) is 3.14. The maximum absolute atomic E-state index is 12.9. The number of amides is 3. The van der Waals surface area contributed by atoms with Gasteiger partial charge in [0.1, 0.15) is 18.1 Å². The lowest BCUT2D eigenvalue weighted by Gasteiger charge is -2.26. The fourth-order valence-corrected chi connectivity index (χ4v) is 3.17. The van der Waals surface area contributed by atoms with Crippen molar-refractivity contribution in [2.75, 3.05) is 0 Å². The Balaban J connectivity index is 2.94. The van der Waals surface area contributed by atoms with Crippen LogP contribution in [0, 0.1) is 5.92 Å². The van der Waals surface area contributed by atoms with E-state index in [-0.39, 0.29) is 12.8 Å². The molecule has 36 heavy (non-hydrogen) atoms.